The molecule has 0 atom stereocenters. The van der Waals surface area contributed by atoms with Gasteiger partial charge in [0.05, 0.1) is 66.1 Å². The zero-order valence-corrected chi connectivity index (χ0v) is 19.2. The number of ether oxygens (including phenoxy) is 7. The molecule has 0 aromatic rings. The zero-order valence-electron chi connectivity index (χ0n) is 19.2. The topological polar surface area (TPSA) is 98.8 Å². The lowest BCUT2D eigenvalue weighted by Gasteiger charge is -2.08. The summed E-state index contributed by atoms with van der Waals surface area (Å²) in [4.78, 5) is 22.5. The minimum atomic E-state index is -0.413. The van der Waals surface area contributed by atoms with Gasteiger partial charge in [0, 0.05) is 12.0 Å². The molecular formula is C22H40O9. The van der Waals surface area contributed by atoms with Crippen LogP contribution in [0.15, 0.2) is 12.2 Å². The van der Waals surface area contributed by atoms with Crippen LogP contribution in [-0.2, 0) is 42.7 Å². The van der Waals surface area contributed by atoms with Gasteiger partial charge in [-0.25, -0.2) is 4.79 Å². The van der Waals surface area contributed by atoms with Crippen molar-refractivity contribution in [1.82, 2.24) is 0 Å². The van der Waals surface area contributed by atoms with Crippen molar-refractivity contribution < 1.29 is 42.7 Å². The van der Waals surface area contributed by atoms with Crippen LogP contribution < -0.4 is 0 Å². The number of carbonyl (C=O) groups excluding carboxylic acids is 2. The molecule has 0 saturated heterocycles. The molecule has 0 aliphatic heterocycles. The third-order valence-corrected chi connectivity index (χ3v) is 3.77. The maximum Gasteiger partial charge on any atom is 0.333 e. The second kappa shape index (κ2) is 23.1. The molecule has 0 radical (unpaired) electrons. The van der Waals surface area contributed by atoms with Crippen molar-refractivity contribution in [3.05, 3.63) is 12.2 Å². The minimum Gasteiger partial charge on any atom is -0.463 e. The highest BCUT2D eigenvalue weighted by atomic mass is 16.6. The quantitative estimate of drug-likeness (QED) is 0.132. The van der Waals surface area contributed by atoms with E-state index in [1.54, 1.807) is 6.92 Å². The van der Waals surface area contributed by atoms with Crippen molar-refractivity contribution in [1.29, 1.82) is 0 Å². The fourth-order valence-corrected chi connectivity index (χ4v) is 2.10. The van der Waals surface area contributed by atoms with Crippen molar-refractivity contribution in [3.8, 4) is 0 Å². The Kier molecular flexibility index (Phi) is 22.0. The van der Waals surface area contributed by atoms with Crippen LogP contribution in [0, 0.1) is 0 Å². The molecule has 0 unspecified atom stereocenters. The number of hydrogen-bond donors (Lipinski definition) is 0. The van der Waals surface area contributed by atoms with Crippen molar-refractivity contribution >= 4 is 11.9 Å². The summed E-state index contributed by atoms with van der Waals surface area (Å²) in [6, 6.07) is 0. The van der Waals surface area contributed by atoms with Crippen LogP contribution in [0.2, 0.25) is 0 Å². The first-order valence-corrected chi connectivity index (χ1v) is 10.9. The molecule has 0 N–H and O–H groups in total. The van der Waals surface area contributed by atoms with Gasteiger partial charge in [-0.2, -0.15) is 0 Å². The first-order chi connectivity index (χ1) is 15.1. The van der Waals surface area contributed by atoms with E-state index in [0.29, 0.717) is 78.1 Å². The summed E-state index contributed by atoms with van der Waals surface area (Å²) >= 11 is 0. The lowest BCUT2D eigenvalue weighted by molar-refractivity contribution is -0.145. The van der Waals surface area contributed by atoms with Gasteiger partial charge < -0.3 is 33.2 Å². The van der Waals surface area contributed by atoms with E-state index in [1.165, 1.54) is 0 Å². The van der Waals surface area contributed by atoms with E-state index in [9.17, 15) is 9.59 Å². The lowest BCUT2D eigenvalue weighted by Crippen LogP contribution is -2.15. The van der Waals surface area contributed by atoms with Crippen LogP contribution in [0.5, 0.6) is 0 Å². The predicted octanol–water partition coefficient (Wildman–Crippen LogP) is 2.31. The van der Waals surface area contributed by atoms with E-state index in [1.807, 2.05) is 0 Å². The molecule has 0 rings (SSSR count). The Bertz CT molecular complexity index is 454. The maximum absolute atomic E-state index is 11.4. The van der Waals surface area contributed by atoms with Crippen LogP contribution in [0.25, 0.3) is 0 Å². The molecule has 0 aromatic heterocycles. The number of carbonyl (C=O) groups is 2. The van der Waals surface area contributed by atoms with Crippen LogP contribution in [0.1, 0.15) is 39.5 Å². The second-order valence-corrected chi connectivity index (χ2v) is 6.66. The van der Waals surface area contributed by atoms with E-state index in [-0.39, 0.29) is 19.2 Å². The molecular weight excluding hydrogens is 408 g/mol. The standard InChI is InChI=1S/C22H40O9/c1-4-5-6-7-21(23)30-18-16-28-14-12-26-10-8-25-9-11-27-13-15-29-17-19-31-22(24)20(2)3/h2,4-19H2,1,3H3. The first kappa shape index (κ1) is 29.5. The maximum atomic E-state index is 11.4. The van der Waals surface area contributed by atoms with Gasteiger partial charge in [0.25, 0.3) is 0 Å². The lowest BCUT2D eigenvalue weighted by atomic mass is 10.2. The Balaban J connectivity index is 3.13. The normalized spacial score (nSPS) is 10.8. The summed E-state index contributed by atoms with van der Waals surface area (Å²) in [5.41, 5.74) is 0.370. The van der Waals surface area contributed by atoms with Gasteiger partial charge in [-0.05, 0) is 13.3 Å². The van der Waals surface area contributed by atoms with Crippen molar-refractivity contribution in [2.45, 2.75) is 39.5 Å². The summed E-state index contributed by atoms with van der Waals surface area (Å²) in [5.74, 6) is -0.576. The van der Waals surface area contributed by atoms with Gasteiger partial charge in [-0.15, -0.1) is 0 Å². The molecule has 0 bridgehead atoms. The highest BCUT2D eigenvalue weighted by Gasteiger charge is 2.02. The monoisotopic (exact) mass is 448 g/mol. The summed E-state index contributed by atoms with van der Waals surface area (Å²) < 4.78 is 36.7. The number of unbranched alkanes of at least 4 members (excludes halogenated alkanes) is 2. The molecule has 182 valence electrons. The van der Waals surface area contributed by atoms with Gasteiger partial charge in [-0.3, -0.25) is 4.79 Å². The third kappa shape index (κ3) is 23.0. The molecule has 0 fully saturated rings. The largest absolute Gasteiger partial charge is 0.463 e. The summed E-state index contributed by atoms with van der Waals surface area (Å²) in [5, 5.41) is 0. The fraction of sp³-hybridized carbons (Fsp3) is 0.818. The predicted molar refractivity (Wildman–Crippen MR) is 115 cm³/mol. The molecule has 31 heavy (non-hydrogen) atoms. The zero-order chi connectivity index (χ0) is 23.0. The van der Waals surface area contributed by atoms with Gasteiger partial charge in [0.1, 0.15) is 13.2 Å². The molecule has 0 saturated carbocycles. The molecule has 0 amide bonds. The van der Waals surface area contributed by atoms with E-state index in [2.05, 4.69) is 13.5 Å². The number of hydrogen-bond acceptors (Lipinski definition) is 9. The molecule has 0 aliphatic carbocycles. The van der Waals surface area contributed by atoms with Crippen LogP contribution in [0.3, 0.4) is 0 Å². The number of esters is 2. The van der Waals surface area contributed by atoms with E-state index in [4.69, 9.17) is 33.2 Å². The Labute approximate surface area is 186 Å². The highest BCUT2D eigenvalue weighted by Crippen LogP contribution is 2.00. The van der Waals surface area contributed by atoms with Crippen molar-refractivity contribution in [2.75, 3.05) is 79.3 Å². The molecule has 9 heteroatoms. The Morgan fingerprint density at radius 3 is 1.39 bits per heavy atom. The molecule has 0 aliphatic rings. The van der Waals surface area contributed by atoms with Crippen molar-refractivity contribution in [3.63, 3.8) is 0 Å². The van der Waals surface area contributed by atoms with E-state index < -0.39 is 5.97 Å². The average molecular weight is 449 g/mol. The van der Waals surface area contributed by atoms with Gasteiger partial charge >= 0.3 is 11.9 Å². The van der Waals surface area contributed by atoms with E-state index in [0.717, 1.165) is 19.3 Å². The second-order valence-electron chi connectivity index (χ2n) is 6.66. The third-order valence-electron chi connectivity index (χ3n) is 3.77. The fourth-order valence-electron chi connectivity index (χ4n) is 2.10. The summed E-state index contributed by atoms with van der Waals surface area (Å²) in [6.07, 6.45) is 3.49. The van der Waals surface area contributed by atoms with Gasteiger partial charge in [0.15, 0.2) is 0 Å². The average Bonchev–Trinajstić information content (AvgIpc) is 2.75. The van der Waals surface area contributed by atoms with Gasteiger partial charge in [0.2, 0.25) is 0 Å². The summed E-state index contributed by atoms with van der Waals surface area (Å²) in [7, 11) is 0. The first-order valence-electron chi connectivity index (χ1n) is 10.9. The Morgan fingerprint density at radius 1 is 0.613 bits per heavy atom. The minimum absolute atomic E-state index is 0.163. The van der Waals surface area contributed by atoms with Crippen LogP contribution >= 0.6 is 0 Å². The highest BCUT2D eigenvalue weighted by molar-refractivity contribution is 5.86. The van der Waals surface area contributed by atoms with E-state index >= 15 is 0 Å². The molecule has 0 aromatic carbocycles. The molecule has 9 nitrogen and oxygen atoms in total. The van der Waals surface area contributed by atoms with Crippen LogP contribution in [-0.4, -0.2) is 91.2 Å². The smallest absolute Gasteiger partial charge is 0.333 e. The Hall–Kier alpha value is -1.52. The van der Waals surface area contributed by atoms with Crippen molar-refractivity contribution in [2.24, 2.45) is 0 Å². The molecule has 0 heterocycles. The van der Waals surface area contributed by atoms with Crippen LogP contribution in [0.4, 0.5) is 0 Å². The Morgan fingerprint density at radius 2 is 1.00 bits per heavy atom. The molecule has 0 spiro atoms. The summed E-state index contributed by atoms with van der Waals surface area (Å²) in [6.45, 7) is 12.0. The SMILES string of the molecule is C=C(C)C(=O)OCCOCCOCCOCCOCCOCCOC(=O)CCCCC. The van der Waals surface area contributed by atoms with Gasteiger partial charge in [-0.1, -0.05) is 26.3 Å². The number of rotatable bonds is 23.